The summed E-state index contributed by atoms with van der Waals surface area (Å²) in [6.07, 6.45) is 21.5. The Balaban J connectivity index is 2.46. The first-order valence-electron chi connectivity index (χ1n) is 21.6. The molecule has 1 heterocycles. The van der Waals surface area contributed by atoms with Crippen LogP contribution in [0.4, 0.5) is 0 Å². The molecule has 1 saturated heterocycles. The Labute approximate surface area is 327 Å². The summed E-state index contributed by atoms with van der Waals surface area (Å²) in [4.78, 5) is 25.3. The zero-order valence-electron chi connectivity index (χ0n) is 33.8. The second-order valence-electron chi connectivity index (χ2n) is 15.4. The molecule has 6 atom stereocenters. The largest absolute Gasteiger partial charge is 0.462 e. The second-order valence-corrected chi connectivity index (χ2v) is 16.9. The molecule has 0 saturated carbocycles. The Kier molecular flexibility index (Phi) is 30.7. The molecule has 320 valence electrons. The minimum atomic E-state index is -4.59. The van der Waals surface area contributed by atoms with Crippen LogP contribution >= 0.6 is 0 Å². The molecule has 1 aliphatic heterocycles. The number of aliphatic hydroxyl groups is 3. The van der Waals surface area contributed by atoms with Crippen LogP contribution in [0.3, 0.4) is 0 Å². The number of rotatable bonds is 36. The molecule has 13 heteroatoms. The molecule has 0 aromatic carbocycles. The van der Waals surface area contributed by atoms with Crippen molar-refractivity contribution < 1.29 is 56.8 Å². The fourth-order valence-corrected chi connectivity index (χ4v) is 7.49. The summed E-state index contributed by atoms with van der Waals surface area (Å²) in [6, 6.07) is 0. The van der Waals surface area contributed by atoms with Crippen LogP contribution in [-0.4, -0.2) is 96.0 Å². The monoisotopic (exact) mass is 795 g/mol. The maximum atomic E-state index is 12.8. The Morgan fingerprint density at radius 1 is 0.556 bits per heavy atom. The van der Waals surface area contributed by atoms with Crippen LogP contribution < -0.4 is 0 Å². The number of aliphatic hydroxyl groups excluding tert-OH is 3. The van der Waals surface area contributed by atoms with E-state index < -0.39 is 71.2 Å². The van der Waals surface area contributed by atoms with Gasteiger partial charge < -0.3 is 34.3 Å². The van der Waals surface area contributed by atoms with Gasteiger partial charge in [0.05, 0.1) is 6.61 Å². The highest BCUT2D eigenvalue weighted by Gasteiger charge is 2.46. The number of carbonyl (C=O) groups excluding carboxylic acids is 2. The Morgan fingerprint density at radius 3 is 1.35 bits per heavy atom. The number of ether oxygens (including phenoxy) is 4. The molecule has 4 N–H and O–H groups in total. The molecular weight excluding hydrogens is 717 g/mol. The zero-order valence-corrected chi connectivity index (χ0v) is 34.7. The molecule has 0 radical (unpaired) electrons. The number of hydrogen-bond donors (Lipinski definition) is 4. The van der Waals surface area contributed by atoms with Crippen LogP contribution in [-0.2, 0) is 38.7 Å². The van der Waals surface area contributed by atoms with Gasteiger partial charge in [0.1, 0.15) is 36.8 Å². The highest BCUT2D eigenvalue weighted by molar-refractivity contribution is 7.85. The van der Waals surface area contributed by atoms with Crippen LogP contribution in [0.15, 0.2) is 0 Å². The minimum Gasteiger partial charge on any atom is -0.462 e. The molecule has 1 fully saturated rings. The van der Waals surface area contributed by atoms with E-state index >= 15 is 0 Å². The van der Waals surface area contributed by atoms with E-state index in [0.29, 0.717) is 12.8 Å². The summed E-state index contributed by atoms with van der Waals surface area (Å²) < 4.78 is 53.9. The lowest BCUT2D eigenvalue weighted by atomic mass is 10.00. The Bertz CT molecular complexity index is 1030. The van der Waals surface area contributed by atoms with E-state index in [2.05, 4.69) is 13.8 Å². The third-order valence-corrected chi connectivity index (χ3v) is 10.9. The van der Waals surface area contributed by atoms with Crippen molar-refractivity contribution in [3.63, 3.8) is 0 Å². The third-order valence-electron chi connectivity index (χ3n) is 10.2. The number of esters is 2. The standard InChI is InChI=1S/C41H78O12S/c1-3-5-7-9-11-13-15-17-18-20-21-23-25-27-29-36(42)50-31-34(32-51-41-40(46)39(45)38(44)35(53-41)33-54(47,48)49)52-37(43)30-28-26-24-22-19-16-14-12-10-8-6-4-2/h34-35,38-41,44-46H,3-33H2,1-2H3,(H,47,48,49)/t34-,35-,38-,39?,40?,41+/m1/s1. The molecule has 0 aromatic rings. The van der Waals surface area contributed by atoms with Gasteiger partial charge in [-0.15, -0.1) is 0 Å². The van der Waals surface area contributed by atoms with E-state index in [9.17, 15) is 37.9 Å². The van der Waals surface area contributed by atoms with Crippen molar-refractivity contribution >= 4 is 22.1 Å². The highest BCUT2D eigenvalue weighted by Crippen LogP contribution is 2.24. The van der Waals surface area contributed by atoms with Crippen LogP contribution in [0.25, 0.3) is 0 Å². The van der Waals surface area contributed by atoms with Gasteiger partial charge in [-0.3, -0.25) is 14.1 Å². The van der Waals surface area contributed by atoms with Crippen LogP contribution in [0.2, 0.25) is 0 Å². The first-order chi connectivity index (χ1) is 26.0. The first-order valence-corrected chi connectivity index (χ1v) is 23.2. The highest BCUT2D eigenvalue weighted by atomic mass is 32.2. The van der Waals surface area contributed by atoms with Gasteiger partial charge in [-0.05, 0) is 12.8 Å². The molecular formula is C41H78O12S. The molecule has 0 aromatic heterocycles. The number of carbonyl (C=O) groups is 2. The molecule has 54 heavy (non-hydrogen) atoms. The molecule has 1 rings (SSSR count). The van der Waals surface area contributed by atoms with Crippen molar-refractivity contribution in [1.29, 1.82) is 0 Å². The van der Waals surface area contributed by atoms with Gasteiger partial charge in [0.2, 0.25) is 0 Å². The van der Waals surface area contributed by atoms with Crippen molar-refractivity contribution in [2.24, 2.45) is 0 Å². The van der Waals surface area contributed by atoms with E-state index in [1.165, 1.54) is 116 Å². The molecule has 2 unspecified atom stereocenters. The molecule has 0 spiro atoms. The Morgan fingerprint density at radius 2 is 0.944 bits per heavy atom. The maximum Gasteiger partial charge on any atom is 0.306 e. The van der Waals surface area contributed by atoms with E-state index in [-0.39, 0.29) is 19.4 Å². The van der Waals surface area contributed by atoms with E-state index in [4.69, 9.17) is 18.9 Å². The second kappa shape index (κ2) is 32.7. The first kappa shape index (κ1) is 50.7. The molecule has 12 nitrogen and oxygen atoms in total. The van der Waals surface area contributed by atoms with Crippen LogP contribution in [0.5, 0.6) is 0 Å². The van der Waals surface area contributed by atoms with Gasteiger partial charge in [0, 0.05) is 12.8 Å². The predicted molar refractivity (Wildman–Crippen MR) is 211 cm³/mol. The van der Waals surface area contributed by atoms with E-state index in [0.717, 1.165) is 38.5 Å². The molecule has 0 aliphatic carbocycles. The van der Waals surface area contributed by atoms with Gasteiger partial charge in [0.15, 0.2) is 12.4 Å². The van der Waals surface area contributed by atoms with Gasteiger partial charge >= 0.3 is 11.9 Å². The Hall–Kier alpha value is -1.35. The predicted octanol–water partition coefficient (Wildman–Crippen LogP) is 8.12. The topological polar surface area (TPSA) is 186 Å². The fourth-order valence-electron chi connectivity index (χ4n) is 6.79. The van der Waals surface area contributed by atoms with Gasteiger partial charge in [-0.2, -0.15) is 8.42 Å². The number of unbranched alkanes of at least 4 members (excludes halogenated alkanes) is 24. The SMILES string of the molecule is CCCCCCCCCCCCCCCCC(=O)OC[C@H](CO[C@H]1O[C@H](CS(=O)(=O)O)[C@@H](O)C(O)C1O)OC(=O)CCCCCCCCCCCCCC. The van der Waals surface area contributed by atoms with Crippen molar-refractivity contribution in [2.45, 2.75) is 230 Å². The van der Waals surface area contributed by atoms with E-state index in [1.54, 1.807) is 0 Å². The molecule has 0 amide bonds. The van der Waals surface area contributed by atoms with Crippen LogP contribution in [0, 0.1) is 0 Å². The summed E-state index contributed by atoms with van der Waals surface area (Å²) in [5.41, 5.74) is 0. The van der Waals surface area contributed by atoms with E-state index in [1.807, 2.05) is 0 Å². The summed E-state index contributed by atoms with van der Waals surface area (Å²) in [5, 5.41) is 30.8. The summed E-state index contributed by atoms with van der Waals surface area (Å²) in [5.74, 6) is -1.97. The smallest absolute Gasteiger partial charge is 0.306 e. The van der Waals surface area contributed by atoms with Crippen molar-refractivity contribution in [2.75, 3.05) is 19.0 Å². The lowest BCUT2D eigenvalue weighted by molar-refractivity contribution is -0.297. The quantitative estimate of drug-likeness (QED) is 0.0272. The molecule has 0 bridgehead atoms. The zero-order chi connectivity index (χ0) is 39.9. The summed E-state index contributed by atoms with van der Waals surface area (Å²) in [7, 11) is -4.59. The summed E-state index contributed by atoms with van der Waals surface area (Å²) >= 11 is 0. The van der Waals surface area contributed by atoms with Gasteiger partial charge in [0.25, 0.3) is 10.1 Å². The molecule has 1 aliphatic rings. The number of hydrogen-bond acceptors (Lipinski definition) is 11. The van der Waals surface area contributed by atoms with Gasteiger partial charge in [-0.25, -0.2) is 0 Å². The van der Waals surface area contributed by atoms with Crippen molar-refractivity contribution in [3.8, 4) is 0 Å². The maximum absolute atomic E-state index is 12.8. The summed E-state index contributed by atoms with van der Waals surface area (Å²) in [6.45, 7) is 3.76. The normalized spacial score (nSPS) is 20.9. The average molecular weight is 795 g/mol. The van der Waals surface area contributed by atoms with Crippen molar-refractivity contribution in [1.82, 2.24) is 0 Å². The lowest BCUT2D eigenvalue weighted by Crippen LogP contribution is -2.60. The lowest BCUT2D eigenvalue weighted by Gasteiger charge is -2.40. The van der Waals surface area contributed by atoms with Crippen LogP contribution in [0.1, 0.15) is 194 Å². The minimum absolute atomic E-state index is 0.171. The fraction of sp³-hybridized carbons (Fsp3) is 0.951. The van der Waals surface area contributed by atoms with Gasteiger partial charge in [-0.1, -0.05) is 168 Å². The van der Waals surface area contributed by atoms with Crippen molar-refractivity contribution in [3.05, 3.63) is 0 Å². The third kappa shape index (κ3) is 27.3. The average Bonchev–Trinajstić information content (AvgIpc) is 3.13.